The molecule has 0 radical (unpaired) electrons. The highest BCUT2D eigenvalue weighted by Gasteiger charge is 2.18. The molecule has 3 heteroatoms. The summed E-state index contributed by atoms with van der Waals surface area (Å²) >= 11 is 0. The molecule has 1 aromatic rings. The van der Waals surface area contributed by atoms with Crippen LogP contribution in [0.5, 0.6) is 5.75 Å². The fraction of sp³-hybridized carbons (Fsp3) is 0.462. The lowest BCUT2D eigenvalue weighted by atomic mass is 9.99. The largest absolute Gasteiger partial charge is 0.496 e. The van der Waals surface area contributed by atoms with Gasteiger partial charge in [-0.05, 0) is 18.6 Å². The Labute approximate surface area is 96.6 Å². The van der Waals surface area contributed by atoms with Gasteiger partial charge in [-0.2, -0.15) is 0 Å². The van der Waals surface area contributed by atoms with Gasteiger partial charge in [0.2, 0.25) is 0 Å². The van der Waals surface area contributed by atoms with E-state index in [0.29, 0.717) is 11.3 Å². The Morgan fingerprint density at radius 3 is 2.75 bits per heavy atom. The summed E-state index contributed by atoms with van der Waals surface area (Å²) in [5, 5.41) is 0. The molecule has 1 aromatic carbocycles. The van der Waals surface area contributed by atoms with Crippen LogP contribution in [0.4, 0.5) is 0 Å². The Hall–Kier alpha value is -1.35. The van der Waals surface area contributed by atoms with Gasteiger partial charge in [0.1, 0.15) is 5.75 Å². The third-order valence-electron chi connectivity index (χ3n) is 2.58. The maximum atomic E-state index is 12.0. The lowest BCUT2D eigenvalue weighted by Crippen LogP contribution is -2.30. The van der Waals surface area contributed by atoms with Crippen LogP contribution in [0, 0.1) is 0 Å². The average molecular weight is 221 g/mol. The summed E-state index contributed by atoms with van der Waals surface area (Å²) < 4.78 is 5.14. The van der Waals surface area contributed by atoms with Crippen molar-refractivity contribution in [1.29, 1.82) is 0 Å². The first kappa shape index (κ1) is 12.7. The number of Topliss-reactive ketones (excluding diaryl/α,β-unsaturated/α-hetero) is 1. The van der Waals surface area contributed by atoms with Crippen LogP contribution >= 0.6 is 0 Å². The van der Waals surface area contributed by atoms with E-state index in [0.717, 1.165) is 19.3 Å². The summed E-state index contributed by atoms with van der Waals surface area (Å²) in [6.07, 6.45) is 2.75. The molecule has 0 bridgehead atoms. The van der Waals surface area contributed by atoms with Crippen molar-refractivity contribution in [2.75, 3.05) is 7.11 Å². The maximum absolute atomic E-state index is 12.0. The van der Waals surface area contributed by atoms with Crippen molar-refractivity contribution in [2.45, 2.75) is 32.2 Å². The minimum Gasteiger partial charge on any atom is -0.496 e. The number of methoxy groups -OCH3 is 1. The van der Waals surface area contributed by atoms with Crippen LogP contribution in [-0.2, 0) is 0 Å². The van der Waals surface area contributed by atoms with Crippen LogP contribution in [0.15, 0.2) is 24.3 Å². The molecule has 3 nitrogen and oxygen atoms in total. The molecule has 0 spiro atoms. The first-order valence-corrected chi connectivity index (χ1v) is 5.63. The van der Waals surface area contributed by atoms with Crippen molar-refractivity contribution < 1.29 is 9.53 Å². The van der Waals surface area contributed by atoms with Crippen molar-refractivity contribution in [3.8, 4) is 5.75 Å². The second-order valence-electron chi connectivity index (χ2n) is 3.81. The number of hydrogen-bond donors (Lipinski definition) is 1. The fourth-order valence-electron chi connectivity index (χ4n) is 1.60. The Kier molecular flexibility index (Phi) is 4.99. The van der Waals surface area contributed by atoms with E-state index in [-0.39, 0.29) is 5.78 Å². The predicted octanol–water partition coefficient (Wildman–Crippen LogP) is 2.40. The highest BCUT2D eigenvalue weighted by atomic mass is 16.5. The second-order valence-corrected chi connectivity index (χ2v) is 3.81. The van der Waals surface area contributed by atoms with E-state index in [1.165, 1.54) is 0 Å². The van der Waals surface area contributed by atoms with Crippen molar-refractivity contribution in [3.05, 3.63) is 29.8 Å². The fourth-order valence-corrected chi connectivity index (χ4v) is 1.60. The third-order valence-corrected chi connectivity index (χ3v) is 2.58. The Balaban J connectivity index is 2.79. The summed E-state index contributed by atoms with van der Waals surface area (Å²) in [6, 6.07) is 6.78. The number of rotatable bonds is 6. The van der Waals surface area contributed by atoms with Crippen molar-refractivity contribution in [3.63, 3.8) is 0 Å². The lowest BCUT2D eigenvalue weighted by Gasteiger charge is -2.12. The van der Waals surface area contributed by atoms with Crippen LogP contribution in [0.25, 0.3) is 0 Å². The van der Waals surface area contributed by atoms with Crippen LogP contribution in [0.2, 0.25) is 0 Å². The van der Waals surface area contributed by atoms with E-state index in [2.05, 4.69) is 6.92 Å². The van der Waals surface area contributed by atoms with Gasteiger partial charge in [0.05, 0.1) is 18.7 Å². The molecule has 0 saturated carbocycles. The van der Waals surface area contributed by atoms with Crippen LogP contribution in [0.3, 0.4) is 0 Å². The molecule has 0 fully saturated rings. The molecule has 0 aliphatic heterocycles. The molecule has 88 valence electrons. The number of carbonyl (C=O) groups excluding carboxylic acids is 1. The molecule has 1 unspecified atom stereocenters. The summed E-state index contributed by atoms with van der Waals surface area (Å²) in [4.78, 5) is 12.0. The van der Waals surface area contributed by atoms with Crippen LogP contribution < -0.4 is 10.5 Å². The molecule has 0 aliphatic carbocycles. The second kappa shape index (κ2) is 6.28. The third kappa shape index (κ3) is 3.07. The highest BCUT2D eigenvalue weighted by Crippen LogP contribution is 2.19. The van der Waals surface area contributed by atoms with E-state index in [9.17, 15) is 4.79 Å². The number of unbranched alkanes of at least 4 members (excludes halogenated alkanes) is 1. The number of nitrogens with two attached hydrogens (primary N) is 1. The van der Waals surface area contributed by atoms with E-state index < -0.39 is 6.04 Å². The number of hydrogen-bond acceptors (Lipinski definition) is 3. The number of ketones is 1. The minimum atomic E-state index is -0.420. The van der Waals surface area contributed by atoms with Gasteiger partial charge in [0.25, 0.3) is 0 Å². The molecule has 2 N–H and O–H groups in total. The Morgan fingerprint density at radius 1 is 1.44 bits per heavy atom. The molecule has 0 heterocycles. The van der Waals surface area contributed by atoms with Gasteiger partial charge in [0, 0.05) is 0 Å². The quantitative estimate of drug-likeness (QED) is 0.750. The van der Waals surface area contributed by atoms with Gasteiger partial charge in [-0.15, -0.1) is 0 Å². The monoisotopic (exact) mass is 221 g/mol. The predicted molar refractivity (Wildman–Crippen MR) is 64.8 cm³/mol. The smallest absolute Gasteiger partial charge is 0.183 e. The lowest BCUT2D eigenvalue weighted by molar-refractivity contribution is 0.0953. The van der Waals surface area contributed by atoms with Gasteiger partial charge in [-0.25, -0.2) is 0 Å². The standard InChI is InChI=1S/C13H19NO2/c1-3-4-8-11(14)13(15)10-7-5-6-9-12(10)16-2/h5-7,9,11H,3-4,8,14H2,1-2H3. The molecule has 0 amide bonds. The molecular formula is C13H19NO2. The Bertz CT molecular complexity index is 350. The van der Waals surface area contributed by atoms with Gasteiger partial charge >= 0.3 is 0 Å². The normalized spacial score (nSPS) is 12.2. The zero-order valence-corrected chi connectivity index (χ0v) is 9.90. The zero-order chi connectivity index (χ0) is 12.0. The molecule has 16 heavy (non-hydrogen) atoms. The van der Waals surface area contributed by atoms with Crippen LogP contribution in [0.1, 0.15) is 36.5 Å². The SMILES string of the molecule is CCCCC(N)C(=O)c1ccccc1OC. The van der Waals surface area contributed by atoms with Crippen molar-refractivity contribution in [2.24, 2.45) is 5.73 Å². The summed E-state index contributed by atoms with van der Waals surface area (Å²) in [5.41, 5.74) is 6.43. The van der Waals surface area contributed by atoms with Crippen molar-refractivity contribution >= 4 is 5.78 Å². The molecule has 1 rings (SSSR count). The molecule has 1 atom stereocenters. The molecular weight excluding hydrogens is 202 g/mol. The minimum absolute atomic E-state index is 0.0362. The number of benzene rings is 1. The molecule has 0 aliphatic rings. The highest BCUT2D eigenvalue weighted by molar-refractivity contribution is 6.02. The summed E-state index contributed by atoms with van der Waals surface area (Å²) in [7, 11) is 1.56. The van der Waals surface area contributed by atoms with Crippen molar-refractivity contribution in [1.82, 2.24) is 0 Å². The van der Waals surface area contributed by atoms with E-state index in [1.807, 2.05) is 12.1 Å². The van der Waals surface area contributed by atoms with Gasteiger partial charge < -0.3 is 10.5 Å². The van der Waals surface area contributed by atoms with Crippen LogP contribution in [-0.4, -0.2) is 18.9 Å². The van der Waals surface area contributed by atoms with Gasteiger partial charge in [0.15, 0.2) is 5.78 Å². The number of carbonyl (C=O) groups is 1. The summed E-state index contributed by atoms with van der Waals surface area (Å²) in [6.45, 7) is 2.08. The van der Waals surface area contributed by atoms with E-state index in [4.69, 9.17) is 10.5 Å². The average Bonchev–Trinajstić information content (AvgIpc) is 2.34. The first-order chi connectivity index (χ1) is 7.70. The topological polar surface area (TPSA) is 52.3 Å². The molecule has 0 aromatic heterocycles. The maximum Gasteiger partial charge on any atom is 0.183 e. The molecule has 0 saturated heterocycles. The van der Waals surface area contributed by atoms with Gasteiger partial charge in [-0.1, -0.05) is 31.9 Å². The zero-order valence-electron chi connectivity index (χ0n) is 9.90. The van der Waals surface area contributed by atoms with E-state index >= 15 is 0 Å². The van der Waals surface area contributed by atoms with Gasteiger partial charge in [-0.3, -0.25) is 4.79 Å². The van der Waals surface area contributed by atoms with E-state index in [1.54, 1.807) is 19.2 Å². The first-order valence-electron chi connectivity index (χ1n) is 5.63. The summed E-state index contributed by atoms with van der Waals surface area (Å²) in [5.74, 6) is 0.561. The number of ether oxygens (including phenoxy) is 1. The Morgan fingerprint density at radius 2 is 2.12 bits per heavy atom. The number of para-hydroxylation sites is 1.